The molecule has 1 aromatic heterocycles. The molecule has 1 rings (SSSR count). The van der Waals surface area contributed by atoms with Crippen molar-refractivity contribution in [1.29, 1.82) is 0 Å². The van der Waals surface area contributed by atoms with Crippen LogP contribution in [0.25, 0.3) is 0 Å². The Bertz CT molecular complexity index is 264. The van der Waals surface area contributed by atoms with Gasteiger partial charge >= 0.3 is 0 Å². The summed E-state index contributed by atoms with van der Waals surface area (Å²) in [4.78, 5) is 0. The molecular weight excluding hydrogens is 354 g/mol. The molecule has 0 saturated heterocycles. The van der Waals surface area contributed by atoms with Gasteiger partial charge < -0.3 is 17.0 Å². The summed E-state index contributed by atoms with van der Waals surface area (Å²) in [5.41, 5.74) is 0. The molecule has 0 radical (unpaired) electrons. The Hall–Kier alpha value is 0.110. The lowest BCUT2D eigenvalue weighted by Crippen LogP contribution is -3.00. The molecule has 0 amide bonds. The van der Waals surface area contributed by atoms with Gasteiger partial charge in [-0.05, 0) is 12.8 Å². The highest BCUT2D eigenvalue weighted by molar-refractivity contribution is 9.09. The third-order valence-corrected chi connectivity index (χ3v) is 3.64. The van der Waals surface area contributed by atoms with Crippen LogP contribution in [0.1, 0.15) is 51.4 Å². The van der Waals surface area contributed by atoms with Crippen LogP contribution in [0.5, 0.6) is 0 Å². The average molecular weight is 379 g/mol. The first-order chi connectivity index (χ1) is 8.43. The van der Waals surface area contributed by atoms with Crippen molar-refractivity contribution in [2.75, 3.05) is 5.33 Å². The number of nitrogens with zero attached hydrogens (tertiary/aromatic N) is 1. The van der Waals surface area contributed by atoms with Crippen LogP contribution in [0, 0.1) is 0 Å². The number of rotatable bonds is 10. The van der Waals surface area contributed by atoms with Crippen LogP contribution >= 0.6 is 15.9 Å². The van der Waals surface area contributed by atoms with E-state index in [0.717, 1.165) is 0 Å². The Morgan fingerprint density at radius 3 is 1.72 bits per heavy atom. The number of hydrogen-bond acceptors (Lipinski definition) is 0. The zero-order valence-corrected chi connectivity index (χ0v) is 14.3. The molecule has 18 heavy (non-hydrogen) atoms. The number of hydrogen-bond donors (Lipinski definition) is 0. The molecule has 0 saturated carbocycles. The zero-order valence-electron chi connectivity index (χ0n) is 11.2. The van der Waals surface area contributed by atoms with E-state index in [0.29, 0.717) is 0 Å². The largest absolute Gasteiger partial charge is 1.00 e. The first-order valence-corrected chi connectivity index (χ1v) is 8.05. The van der Waals surface area contributed by atoms with Gasteiger partial charge in [-0.3, -0.25) is 0 Å². The van der Waals surface area contributed by atoms with Gasteiger partial charge in [0.05, 0.1) is 0 Å². The highest BCUT2D eigenvalue weighted by Crippen LogP contribution is 2.09. The van der Waals surface area contributed by atoms with Gasteiger partial charge in [0, 0.05) is 23.9 Å². The number of aryl methyl sites for hydroxylation is 1. The van der Waals surface area contributed by atoms with E-state index in [2.05, 4.69) is 51.1 Å². The third-order valence-electron chi connectivity index (χ3n) is 3.08. The average Bonchev–Trinajstić information content (AvgIpc) is 2.38. The van der Waals surface area contributed by atoms with Crippen LogP contribution in [0.4, 0.5) is 0 Å². The Morgan fingerprint density at radius 1 is 0.667 bits per heavy atom. The van der Waals surface area contributed by atoms with Crippen LogP contribution in [-0.2, 0) is 6.54 Å². The van der Waals surface area contributed by atoms with Gasteiger partial charge in [-0.2, -0.15) is 0 Å². The second-order valence-corrected chi connectivity index (χ2v) is 5.42. The monoisotopic (exact) mass is 377 g/mol. The Balaban J connectivity index is 0.00000289. The fourth-order valence-electron chi connectivity index (χ4n) is 2.03. The van der Waals surface area contributed by atoms with Gasteiger partial charge in [0.2, 0.25) is 0 Å². The molecule has 1 heterocycles. The predicted molar refractivity (Wildman–Crippen MR) is 77.4 cm³/mol. The SMILES string of the molecule is BrCCCCCCCCCC[n+]1ccccc1.[Br-]. The first-order valence-electron chi connectivity index (χ1n) is 6.93. The van der Waals surface area contributed by atoms with Crippen molar-refractivity contribution in [3.05, 3.63) is 30.6 Å². The molecule has 0 N–H and O–H groups in total. The van der Waals surface area contributed by atoms with Gasteiger partial charge in [-0.1, -0.05) is 54.1 Å². The Labute approximate surface area is 131 Å². The zero-order chi connectivity index (χ0) is 12.2. The van der Waals surface area contributed by atoms with E-state index in [9.17, 15) is 0 Å². The van der Waals surface area contributed by atoms with Crippen LogP contribution in [0.15, 0.2) is 30.6 Å². The van der Waals surface area contributed by atoms with Crippen molar-refractivity contribution >= 4 is 15.9 Å². The maximum absolute atomic E-state index is 3.47. The van der Waals surface area contributed by atoms with Crippen molar-refractivity contribution < 1.29 is 21.5 Å². The van der Waals surface area contributed by atoms with E-state index in [1.165, 1.54) is 63.2 Å². The smallest absolute Gasteiger partial charge is 0.168 e. The molecule has 0 atom stereocenters. The van der Waals surface area contributed by atoms with Crippen LogP contribution in [0.3, 0.4) is 0 Å². The summed E-state index contributed by atoms with van der Waals surface area (Å²) in [5, 5.41) is 1.17. The lowest BCUT2D eigenvalue weighted by molar-refractivity contribution is -0.697. The van der Waals surface area contributed by atoms with Crippen molar-refractivity contribution in [1.82, 2.24) is 0 Å². The summed E-state index contributed by atoms with van der Waals surface area (Å²) < 4.78 is 2.27. The van der Waals surface area contributed by atoms with E-state index in [1.54, 1.807) is 0 Å². The molecule has 0 bridgehead atoms. The van der Waals surface area contributed by atoms with Crippen molar-refractivity contribution in [3.63, 3.8) is 0 Å². The maximum atomic E-state index is 3.47. The summed E-state index contributed by atoms with van der Waals surface area (Å²) in [5.74, 6) is 0. The van der Waals surface area contributed by atoms with E-state index in [-0.39, 0.29) is 17.0 Å². The molecule has 0 aliphatic heterocycles. The molecule has 0 spiro atoms. The summed E-state index contributed by atoms with van der Waals surface area (Å²) in [6.07, 6.45) is 15.4. The quantitative estimate of drug-likeness (QED) is 0.330. The fraction of sp³-hybridized carbons (Fsp3) is 0.667. The Morgan fingerprint density at radius 2 is 1.17 bits per heavy atom. The highest BCUT2D eigenvalue weighted by atomic mass is 79.9. The van der Waals surface area contributed by atoms with Crippen LogP contribution < -0.4 is 21.5 Å². The fourth-order valence-corrected chi connectivity index (χ4v) is 2.43. The lowest BCUT2D eigenvalue weighted by atomic mass is 10.1. The Kier molecular flexibility index (Phi) is 13.6. The van der Waals surface area contributed by atoms with E-state index >= 15 is 0 Å². The van der Waals surface area contributed by atoms with Gasteiger partial charge in [-0.15, -0.1) is 0 Å². The molecule has 0 aromatic carbocycles. The predicted octanol–water partition coefficient (Wildman–Crippen LogP) is 1.49. The number of unbranched alkanes of at least 4 members (excludes halogenated alkanes) is 7. The second kappa shape index (κ2) is 13.5. The topological polar surface area (TPSA) is 3.88 Å². The summed E-state index contributed by atoms with van der Waals surface area (Å²) in [7, 11) is 0. The van der Waals surface area contributed by atoms with Crippen molar-refractivity contribution in [3.8, 4) is 0 Å². The molecular formula is C15H25Br2N. The molecule has 0 aliphatic rings. The second-order valence-electron chi connectivity index (χ2n) is 4.63. The number of halogens is 2. The van der Waals surface area contributed by atoms with Crippen molar-refractivity contribution in [2.45, 2.75) is 57.9 Å². The minimum Gasteiger partial charge on any atom is -1.00 e. The molecule has 3 heteroatoms. The first kappa shape index (κ1) is 18.1. The number of aromatic nitrogens is 1. The molecule has 0 aliphatic carbocycles. The van der Waals surface area contributed by atoms with Gasteiger partial charge in [-0.25, -0.2) is 4.57 Å². The van der Waals surface area contributed by atoms with Gasteiger partial charge in [0.1, 0.15) is 6.54 Å². The standard InChI is InChI=1S/C15H25BrN.BrH/c16-12-8-5-3-1-2-4-6-9-13-17-14-10-7-11-15-17;/h7,10-11,14-15H,1-6,8-9,12-13H2;1H/q+1;/p-1. The molecule has 0 unspecified atom stereocenters. The third kappa shape index (κ3) is 10.1. The minimum absolute atomic E-state index is 0. The van der Waals surface area contributed by atoms with Crippen molar-refractivity contribution in [2.24, 2.45) is 0 Å². The van der Waals surface area contributed by atoms with E-state index < -0.39 is 0 Å². The summed E-state index contributed by atoms with van der Waals surface area (Å²) >= 11 is 3.47. The van der Waals surface area contributed by atoms with E-state index in [4.69, 9.17) is 0 Å². The summed E-state index contributed by atoms with van der Waals surface area (Å²) in [6, 6.07) is 6.27. The molecule has 104 valence electrons. The normalized spacial score (nSPS) is 10.1. The van der Waals surface area contributed by atoms with Crippen LogP contribution in [0.2, 0.25) is 0 Å². The molecule has 1 aromatic rings. The van der Waals surface area contributed by atoms with E-state index in [1.807, 2.05) is 0 Å². The van der Waals surface area contributed by atoms with Crippen LogP contribution in [-0.4, -0.2) is 5.33 Å². The number of pyridine rings is 1. The highest BCUT2D eigenvalue weighted by Gasteiger charge is 1.97. The van der Waals surface area contributed by atoms with Gasteiger partial charge in [0.15, 0.2) is 12.4 Å². The van der Waals surface area contributed by atoms with Gasteiger partial charge in [0.25, 0.3) is 0 Å². The number of alkyl halides is 1. The lowest BCUT2D eigenvalue weighted by Gasteiger charge is -2.00. The minimum atomic E-state index is 0. The molecule has 1 nitrogen and oxygen atoms in total. The summed E-state index contributed by atoms with van der Waals surface area (Å²) in [6.45, 7) is 1.17. The molecule has 0 fully saturated rings. The maximum Gasteiger partial charge on any atom is 0.168 e.